The van der Waals surface area contributed by atoms with Gasteiger partial charge in [-0.2, -0.15) is 0 Å². The first-order valence-electron chi connectivity index (χ1n) is 6.34. The van der Waals surface area contributed by atoms with E-state index in [0.717, 1.165) is 7.11 Å². The maximum Gasteiger partial charge on any atom is 0.358 e. The number of nitrogens with zero attached hydrogens (tertiary/aromatic N) is 1. The second-order valence-corrected chi connectivity index (χ2v) is 4.99. The van der Waals surface area contributed by atoms with Gasteiger partial charge >= 0.3 is 5.97 Å². The van der Waals surface area contributed by atoms with Crippen LogP contribution in [0.4, 0.5) is 14.5 Å². The van der Waals surface area contributed by atoms with Gasteiger partial charge in [-0.25, -0.2) is 18.6 Å². The van der Waals surface area contributed by atoms with E-state index in [-0.39, 0.29) is 11.1 Å². The van der Waals surface area contributed by atoms with Crippen LogP contribution in [0.25, 0.3) is 22.2 Å². The van der Waals surface area contributed by atoms with Crippen LogP contribution in [0.15, 0.2) is 28.9 Å². The largest absolute Gasteiger partial charge is 0.464 e. The molecule has 0 bridgehead atoms. The van der Waals surface area contributed by atoms with Crippen molar-refractivity contribution in [3.63, 3.8) is 0 Å². The summed E-state index contributed by atoms with van der Waals surface area (Å²) in [6.07, 6.45) is 1.30. The quantitative estimate of drug-likeness (QED) is 0.719. The Morgan fingerprint density at radius 3 is 2.74 bits per heavy atom. The minimum absolute atomic E-state index is 0.0585. The van der Waals surface area contributed by atoms with Gasteiger partial charge in [-0.05, 0) is 12.1 Å². The third-order valence-corrected chi connectivity index (χ3v) is 3.69. The van der Waals surface area contributed by atoms with E-state index in [1.807, 2.05) is 0 Å². The molecule has 3 rings (SSSR count). The number of aromatic nitrogens is 1. The van der Waals surface area contributed by atoms with Gasteiger partial charge in [0.25, 0.3) is 0 Å². The lowest BCUT2D eigenvalue weighted by Crippen LogP contribution is -2.10. The number of anilines is 1. The Balaban J connectivity index is 2.31. The number of esters is 1. The van der Waals surface area contributed by atoms with Crippen molar-refractivity contribution < 1.29 is 22.7 Å². The minimum atomic E-state index is -1.03. The number of furan rings is 1. The molecule has 0 fully saturated rings. The van der Waals surface area contributed by atoms with Crippen LogP contribution >= 0.6 is 11.6 Å². The monoisotopic (exact) mass is 338 g/mol. The average molecular weight is 339 g/mol. The first-order chi connectivity index (χ1) is 11.0. The number of halogens is 3. The van der Waals surface area contributed by atoms with Crippen molar-refractivity contribution in [2.75, 3.05) is 12.8 Å². The molecule has 118 valence electrons. The predicted octanol–water partition coefficient (Wildman–Crippen LogP) is 3.80. The number of ether oxygens (including phenoxy) is 1. The Hall–Kier alpha value is -2.67. The van der Waals surface area contributed by atoms with E-state index in [9.17, 15) is 13.6 Å². The molecule has 2 N–H and O–H groups in total. The van der Waals surface area contributed by atoms with Gasteiger partial charge in [0, 0.05) is 10.9 Å². The first-order valence-corrected chi connectivity index (χ1v) is 6.72. The van der Waals surface area contributed by atoms with Gasteiger partial charge in [-0.15, -0.1) is 0 Å². The second kappa shape index (κ2) is 5.51. The predicted molar refractivity (Wildman–Crippen MR) is 80.1 cm³/mol. The van der Waals surface area contributed by atoms with Crippen LogP contribution in [0.5, 0.6) is 0 Å². The van der Waals surface area contributed by atoms with Crippen molar-refractivity contribution >= 4 is 34.2 Å². The summed E-state index contributed by atoms with van der Waals surface area (Å²) in [4.78, 5) is 15.5. The highest BCUT2D eigenvalue weighted by Crippen LogP contribution is 2.35. The van der Waals surface area contributed by atoms with Crippen LogP contribution in [-0.2, 0) is 4.74 Å². The molecule has 3 aromatic rings. The lowest BCUT2D eigenvalue weighted by Gasteiger charge is -2.11. The lowest BCUT2D eigenvalue weighted by molar-refractivity contribution is 0.0594. The number of fused-ring (bicyclic) bond motifs is 1. The Morgan fingerprint density at radius 2 is 2.04 bits per heavy atom. The number of hydrogen-bond acceptors (Lipinski definition) is 5. The fourth-order valence-electron chi connectivity index (χ4n) is 2.15. The van der Waals surface area contributed by atoms with Crippen molar-refractivity contribution in [3.05, 3.63) is 46.8 Å². The minimum Gasteiger partial charge on any atom is -0.464 e. The maximum atomic E-state index is 14.5. The number of carbonyl (C=O) groups excluding carboxylic acids is 1. The van der Waals surface area contributed by atoms with E-state index < -0.39 is 39.7 Å². The van der Waals surface area contributed by atoms with E-state index in [2.05, 4.69) is 9.72 Å². The van der Waals surface area contributed by atoms with E-state index in [0.29, 0.717) is 5.39 Å². The molecule has 23 heavy (non-hydrogen) atoms. The topological polar surface area (TPSA) is 78.3 Å². The molecular formula is C15H9ClF2N2O3. The molecule has 0 saturated carbocycles. The zero-order chi connectivity index (χ0) is 16.7. The van der Waals surface area contributed by atoms with E-state index >= 15 is 0 Å². The number of rotatable bonds is 2. The molecule has 8 heteroatoms. The van der Waals surface area contributed by atoms with Crippen molar-refractivity contribution in [2.24, 2.45) is 0 Å². The van der Waals surface area contributed by atoms with Crippen LogP contribution in [0.3, 0.4) is 0 Å². The van der Waals surface area contributed by atoms with Crippen molar-refractivity contribution in [2.45, 2.75) is 0 Å². The molecule has 0 amide bonds. The maximum absolute atomic E-state index is 14.5. The number of nitrogens with two attached hydrogens (primary N) is 1. The summed E-state index contributed by atoms with van der Waals surface area (Å²) < 4.78 is 38.4. The van der Waals surface area contributed by atoms with E-state index in [1.54, 1.807) is 6.07 Å². The Labute approximate surface area is 133 Å². The van der Waals surface area contributed by atoms with Gasteiger partial charge in [0.2, 0.25) is 0 Å². The van der Waals surface area contributed by atoms with Crippen LogP contribution in [0, 0.1) is 11.6 Å². The Kier molecular flexibility index (Phi) is 3.65. The zero-order valence-corrected chi connectivity index (χ0v) is 12.4. The molecule has 2 aromatic heterocycles. The lowest BCUT2D eigenvalue weighted by atomic mass is 10.1. The zero-order valence-electron chi connectivity index (χ0n) is 11.7. The summed E-state index contributed by atoms with van der Waals surface area (Å²) in [7, 11) is 1.11. The fourth-order valence-corrected chi connectivity index (χ4v) is 2.35. The highest BCUT2D eigenvalue weighted by Gasteiger charge is 2.25. The number of nitrogen functional groups attached to an aromatic ring is 1. The highest BCUT2D eigenvalue weighted by molar-refractivity contribution is 6.35. The molecule has 0 spiro atoms. The first kappa shape index (κ1) is 15.2. The third-order valence-electron chi connectivity index (χ3n) is 3.31. The number of hydrogen-bond donors (Lipinski definition) is 1. The summed E-state index contributed by atoms with van der Waals surface area (Å²) in [5.41, 5.74) is 3.91. The fraction of sp³-hybridized carbons (Fsp3) is 0.0667. The van der Waals surface area contributed by atoms with Crippen LogP contribution in [-0.4, -0.2) is 18.1 Å². The van der Waals surface area contributed by atoms with Gasteiger partial charge in [0.1, 0.15) is 5.69 Å². The molecule has 0 aliphatic heterocycles. The standard InChI is InChI=1S/C15H9ClF2N2O3/c1-22-15(21)13-8(16)11(19)10(18)12(20-13)7-3-2-6-4-5-23-14(6)9(7)17/h2-5H,1H3,(H2,19,20). The molecular weight excluding hydrogens is 330 g/mol. The Morgan fingerprint density at radius 1 is 1.30 bits per heavy atom. The summed E-state index contributed by atoms with van der Waals surface area (Å²) >= 11 is 5.81. The van der Waals surface area contributed by atoms with Crippen LogP contribution < -0.4 is 5.73 Å². The molecule has 1 aromatic carbocycles. The van der Waals surface area contributed by atoms with E-state index in [4.69, 9.17) is 21.8 Å². The SMILES string of the molecule is COC(=O)c1nc(-c2ccc3ccoc3c2F)c(F)c(N)c1Cl. The van der Waals surface area contributed by atoms with Gasteiger partial charge in [-0.3, -0.25) is 0 Å². The van der Waals surface area contributed by atoms with E-state index in [1.165, 1.54) is 18.4 Å². The molecule has 0 atom stereocenters. The summed E-state index contributed by atoms with van der Waals surface area (Å²) in [6, 6.07) is 4.40. The van der Waals surface area contributed by atoms with Gasteiger partial charge < -0.3 is 14.9 Å². The molecule has 5 nitrogen and oxygen atoms in total. The van der Waals surface area contributed by atoms with Crippen molar-refractivity contribution in [3.8, 4) is 11.3 Å². The van der Waals surface area contributed by atoms with Crippen LogP contribution in [0.1, 0.15) is 10.5 Å². The summed E-state index contributed by atoms with van der Waals surface area (Å²) in [6.45, 7) is 0. The number of benzene rings is 1. The second-order valence-electron chi connectivity index (χ2n) is 4.61. The van der Waals surface area contributed by atoms with Gasteiger partial charge in [-0.1, -0.05) is 17.7 Å². The third kappa shape index (κ3) is 2.29. The number of carbonyl (C=O) groups is 1. The number of pyridine rings is 1. The van der Waals surface area contributed by atoms with Gasteiger partial charge in [0.15, 0.2) is 22.9 Å². The molecule has 0 aliphatic carbocycles. The molecule has 0 unspecified atom stereocenters. The van der Waals surface area contributed by atoms with Crippen molar-refractivity contribution in [1.82, 2.24) is 4.98 Å². The number of methoxy groups -OCH3 is 1. The summed E-state index contributed by atoms with van der Waals surface area (Å²) in [5, 5.41) is 0.111. The smallest absolute Gasteiger partial charge is 0.358 e. The molecule has 0 aliphatic rings. The Bertz CT molecular complexity index is 940. The normalized spacial score (nSPS) is 11.0. The average Bonchev–Trinajstić information content (AvgIpc) is 3.03. The van der Waals surface area contributed by atoms with Crippen molar-refractivity contribution in [1.29, 1.82) is 0 Å². The molecule has 0 saturated heterocycles. The molecule has 2 heterocycles. The highest BCUT2D eigenvalue weighted by atomic mass is 35.5. The summed E-state index contributed by atoms with van der Waals surface area (Å²) in [5.74, 6) is -2.77. The van der Waals surface area contributed by atoms with Gasteiger partial charge in [0.05, 0.1) is 24.1 Å². The van der Waals surface area contributed by atoms with Crippen LogP contribution in [0.2, 0.25) is 5.02 Å². The molecule has 0 radical (unpaired) electrons.